The Kier molecular flexibility index (Phi) is 11.6. The smallest absolute Gasteiger partial charge is 0.410 e. The Morgan fingerprint density at radius 3 is 2.04 bits per heavy atom. The number of ether oxygens (including phenoxy) is 1. The molecule has 2 amide bonds. The predicted octanol–water partition coefficient (Wildman–Crippen LogP) is 4.07. The van der Waals surface area contributed by atoms with Crippen LogP contribution in [0.1, 0.15) is 87.0 Å². The third kappa shape index (κ3) is 13.5. The number of nitrogens with zero attached hydrogens (tertiary/aromatic N) is 1. The van der Waals surface area contributed by atoms with Crippen LogP contribution in [0.4, 0.5) is 4.79 Å². The number of hydrogen-bond donors (Lipinski definition) is 2. The van der Waals surface area contributed by atoms with E-state index in [1.165, 1.54) is 0 Å². The van der Waals surface area contributed by atoms with Gasteiger partial charge in [-0.05, 0) is 58.9 Å². The quantitative estimate of drug-likeness (QED) is 0.525. The van der Waals surface area contributed by atoms with Gasteiger partial charge < -0.3 is 20.7 Å². The Hall–Kier alpha value is -1.30. The number of nitrogens with two attached hydrogens (primary N) is 1. The highest BCUT2D eigenvalue weighted by Crippen LogP contribution is 2.18. The van der Waals surface area contributed by atoms with E-state index in [4.69, 9.17) is 10.5 Å². The van der Waals surface area contributed by atoms with Crippen LogP contribution >= 0.6 is 0 Å². The van der Waals surface area contributed by atoms with Crippen molar-refractivity contribution < 1.29 is 14.3 Å². The molecule has 3 N–H and O–H groups in total. The van der Waals surface area contributed by atoms with Gasteiger partial charge in [0.05, 0.1) is 0 Å². The zero-order valence-electron chi connectivity index (χ0n) is 18.7. The summed E-state index contributed by atoms with van der Waals surface area (Å²) in [4.78, 5) is 26.0. The largest absolute Gasteiger partial charge is 0.444 e. The fourth-order valence-electron chi connectivity index (χ4n) is 2.37. The Morgan fingerprint density at radius 2 is 1.52 bits per heavy atom. The maximum atomic E-state index is 12.3. The highest BCUT2D eigenvalue weighted by Gasteiger charge is 2.22. The zero-order valence-corrected chi connectivity index (χ0v) is 18.7. The van der Waals surface area contributed by atoms with Gasteiger partial charge in [-0.3, -0.25) is 4.79 Å². The Balaban J connectivity index is 4.09. The molecule has 0 aliphatic rings. The van der Waals surface area contributed by atoms with Crippen molar-refractivity contribution in [2.75, 3.05) is 19.6 Å². The summed E-state index contributed by atoms with van der Waals surface area (Å²) < 4.78 is 5.46. The molecular formula is C21H43N3O3. The minimum Gasteiger partial charge on any atom is -0.444 e. The predicted molar refractivity (Wildman–Crippen MR) is 112 cm³/mol. The summed E-state index contributed by atoms with van der Waals surface area (Å²) in [6.07, 6.45) is 4.81. The van der Waals surface area contributed by atoms with Crippen LogP contribution in [-0.2, 0) is 9.53 Å². The maximum absolute atomic E-state index is 12.3. The molecule has 0 aromatic heterocycles. The molecule has 6 heteroatoms. The van der Waals surface area contributed by atoms with E-state index in [1.54, 1.807) is 4.90 Å². The number of amides is 2. The van der Waals surface area contributed by atoms with Crippen LogP contribution in [0.2, 0.25) is 0 Å². The molecule has 1 unspecified atom stereocenters. The van der Waals surface area contributed by atoms with Crippen molar-refractivity contribution in [3.8, 4) is 0 Å². The lowest BCUT2D eigenvalue weighted by molar-refractivity contribution is -0.122. The molecule has 0 saturated carbocycles. The van der Waals surface area contributed by atoms with E-state index in [-0.39, 0.29) is 23.5 Å². The average molecular weight is 386 g/mol. The van der Waals surface area contributed by atoms with Gasteiger partial charge in [0.1, 0.15) is 5.60 Å². The second kappa shape index (κ2) is 12.2. The molecule has 160 valence electrons. The number of hydrogen-bond acceptors (Lipinski definition) is 4. The van der Waals surface area contributed by atoms with Crippen LogP contribution in [0.3, 0.4) is 0 Å². The lowest BCUT2D eigenvalue weighted by Gasteiger charge is -2.28. The van der Waals surface area contributed by atoms with E-state index >= 15 is 0 Å². The van der Waals surface area contributed by atoms with E-state index in [1.807, 2.05) is 27.7 Å². The van der Waals surface area contributed by atoms with Gasteiger partial charge >= 0.3 is 6.09 Å². The summed E-state index contributed by atoms with van der Waals surface area (Å²) in [5.74, 6) is 0.121. The van der Waals surface area contributed by atoms with Crippen LogP contribution < -0.4 is 11.1 Å². The highest BCUT2D eigenvalue weighted by atomic mass is 16.6. The van der Waals surface area contributed by atoms with Crippen molar-refractivity contribution in [3.63, 3.8) is 0 Å². The molecule has 0 aromatic rings. The molecule has 0 rings (SSSR count). The van der Waals surface area contributed by atoms with Crippen LogP contribution in [0.15, 0.2) is 0 Å². The molecule has 0 heterocycles. The van der Waals surface area contributed by atoms with Crippen molar-refractivity contribution >= 4 is 12.0 Å². The van der Waals surface area contributed by atoms with Gasteiger partial charge in [-0.2, -0.15) is 0 Å². The van der Waals surface area contributed by atoms with Gasteiger partial charge in [-0.25, -0.2) is 4.79 Å². The molecule has 0 aliphatic carbocycles. The molecular weight excluding hydrogens is 342 g/mol. The topological polar surface area (TPSA) is 84.7 Å². The number of carbonyl (C=O) groups is 2. The van der Waals surface area contributed by atoms with Crippen molar-refractivity contribution in [2.45, 2.75) is 98.6 Å². The van der Waals surface area contributed by atoms with E-state index in [0.29, 0.717) is 26.1 Å². The van der Waals surface area contributed by atoms with Crippen LogP contribution in [0.5, 0.6) is 0 Å². The molecule has 1 atom stereocenters. The third-order valence-electron chi connectivity index (χ3n) is 4.54. The average Bonchev–Trinajstić information content (AvgIpc) is 2.50. The second-order valence-electron chi connectivity index (χ2n) is 9.43. The van der Waals surface area contributed by atoms with Crippen molar-refractivity contribution in [1.29, 1.82) is 0 Å². The van der Waals surface area contributed by atoms with Crippen LogP contribution in [-0.4, -0.2) is 48.2 Å². The number of carbonyl (C=O) groups excluding carboxylic acids is 2. The van der Waals surface area contributed by atoms with Gasteiger partial charge in [-0.15, -0.1) is 0 Å². The highest BCUT2D eigenvalue weighted by molar-refractivity contribution is 5.76. The first-order valence-electron chi connectivity index (χ1n) is 10.3. The molecule has 6 nitrogen and oxygen atoms in total. The van der Waals surface area contributed by atoms with Crippen LogP contribution in [0, 0.1) is 5.41 Å². The Bertz CT molecular complexity index is 439. The maximum Gasteiger partial charge on any atom is 0.410 e. The lowest BCUT2D eigenvalue weighted by atomic mass is 9.88. The lowest BCUT2D eigenvalue weighted by Crippen LogP contribution is -2.41. The van der Waals surface area contributed by atoms with Crippen molar-refractivity contribution in [1.82, 2.24) is 10.2 Å². The minimum atomic E-state index is -0.490. The fourth-order valence-corrected chi connectivity index (χ4v) is 2.37. The van der Waals surface area contributed by atoms with Gasteiger partial charge in [0, 0.05) is 25.6 Å². The first-order chi connectivity index (χ1) is 12.4. The Morgan fingerprint density at radius 1 is 0.963 bits per heavy atom. The fraction of sp³-hybridized carbons (Fsp3) is 0.905. The zero-order chi connectivity index (χ0) is 21.1. The number of nitrogens with one attached hydrogen (secondary N) is 1. The van der Waals surface area contributed by atoms with Crippen LogP contribution in [0.25, 0.3) is 0 Å². The van der Waals surface area contributed by atoms with E-state index in [2.05, 4.69) is 26.1 Å². The molecule has 0 spiro atoms. The number of unbranched alkanes of at least 4 members (excludes halogenated alkanes) is 3. The first kappa shape index (κ1) is 25.7. The van der Waals surface area contributed by atoms with E-state index < -0.39 is 5.60 Å². The summed E-state index contributed by atoms with van der Waals surface area (Å²) in [5, 5.41) is 3.07. The summed E-state index contributed by atoms with van der Waals surface area (Å²) in [5.41, 5.74) is 5.15. The van der Waals surface area contributed by atoms with Gasteiger partial charge in [0.25, 0.3) is 0 Å². The monoisotopic (exact) mass is 385 g/mol. The molecule has 0 bridgehead atoms. The van der Waals surface area contributed by atoms with E-state index in [0.717, 1.165) is 32.1 Å². The third-order valence-corrected chi connectivity index (χ3v) is 4.54. The van der Waals surface area contributed by atoms with Gasteiger partial charge in [-0.1, -0.05) is 33.6 Å². The molecule has 27 heavy (non-hydrogen) atoms. The number of rotatable bonds is 11. The standard InChI is InChI=1S/C21H43N3O3/c1-17(20(2,3)4)23-18(25)13-10-8-9-11-15-24(16-12-14-22)19(26)27-21(5,6)7/h17H,8-16,22H2,1-7H3,(H,23,25). The van der Waals surface area contributed by atoms with Gasteiger partial charge in [0.2, 0.25) is 5.91 Å². The summed E-state index contributed by atoms with van der Waals surface area (Å²) in [6, 6.07) is 0.162. The normalized spacial score (nSPS) is 13.2. The van der Waals surface area contributed by atoms with Gasteiger partial charge in [0.15, 0.2) is 0 Å². The summed E-state index contributed by atoms with van der Waals surface area (Å²) >= 11 is 0. The SMILES string of the molecule is CC(NC(=O)CCCCCCN(CCCN)C(=O)OC(C)(C)C)C(C)(C)C. The molecule has 0 saturated heterocycles. The summed E-state index contributed by atoms with van der Waals surface area (Å²) in [6.45, 7) is 15.9. The second-order valence-corrected chi connectivity index (χ2v) is 9.43. The minimum absolute atomic E-state index is 0.0737. The van der Waals surface area contributed by atoms with Crippen molar-refractivity contribution in [3.05, 3.63) is 0 Å². The molecule has 0 fully saturated rings. The Labute approximate surface area is 166 Å². The van der Waals surface area contributed by atoms with E-state index in [9.17, 15) is 9.59 Å². The first-order valence-corrected chi connectivity index (χ1v) is 10.3. The summed E-state index contributed by atoms with van der Waals surface area (Å²) in [7, 11) is 0. The molecule has 0 aliphatic heterocycles. The molecule has 0 aromatic carbocycles. The molecule has 0 radical (unpaired) electrons. The van der Waals surface area contributed by atoms with Crippen molar-refractivity contribution in [2.24, 2.45) is 11.1 Å².